The van der Waals surface area contributed by atoms with Gasteiger partial charge in [-0.05, 0) is 55.5 Å². The van der Waals surface area contributed by atoms with Crippen molar-refractivity contribution in [1.82, 2.24) is 14.7 Å². The predicted molar refractivity (Wildman–Crippen MR) is 131 cm³/mol. The van der Waals surface area contributed by atoms with Gasteiger partial charge in [-0.1, -0.05) is 35.4 Å². The summed E-state index contributed by atoms with van der Waals surface area (Å²) < 4.78 is 6.69. The second-order valence-electron chi connectivity index (χ2n) is 7.01. The van der Waals surface area contributed by atoms with E-state index in [-0.39, 0.29) is 18.2 Å². The highest BCUT2D eigenvalue weighted by Crippen LogP contribution is 2.32. The Morgan fingerprint density at radius 3 is 2.30 bits per heavy atom. The zero-order valence-corrected chi connectivity index (χ0v) is 19.6. The summed E-state index contributed by atoms with van der Waals surface area (Å²) in [4.78, 5) is 26.8. The molecule has 0 saturated heterocycles. The van der Waals surface area contributed by atoms with Gasteiger partial charge in [-0.25, -0.2) is 9.48 Å². The molecule has 0 aliphatic heterocycles. The van der Waals surface area contributed by atoms with Crippen molar-refractivity contribution in [3.63, 3.8) is 0 Å². The Balaban J connectivity index is 2.04. The first-order valence-electron chi connectivity index (χ1n) is 10.2. The third-order valence-corrected chi connectivity index (χ3v) is 5.29. The van der Waals surface area contributed by atoms with Crippen LogP contribution in [0.1, 0.15) is 27.8 Å². The average molecular weight is 484 g/mol. The first kappa shape index (κ1) is 24.3. The summed E-state index contributed by atoms with van der Waals surface area (Å²) in [5.41, 5.74) is 2.51. The van der Waals surface area contributed by atoms with E-state index in [1.54, 1.807) is 77.2 Å². The van der Waals surface area contributed by atoms with E-state index >= 15 is 0 Å². The largest absolute Gasteiger partial charge is 0.461 e. The van der Waals surface area contributed by atoms with Crippen LogP contribution in [0, 0.1) is 0 Å². The summed E-state index contributed by atoms with van der Waals surface area (Å²) in [6, 6.07) is 13.6. The number of carbonyl (C=O) groups excluding carboxylic acids is 2. The molecule has 0 fully saturated rings. The number of amides is 1. The molecule has 1 amide bonds. The number of esters is 1. The molecule has 0 aliphatic carbocycles. The Kier molecular flexibility index (Phi) is 8.09. The second kappa shape index (κ2) is 11.0. The molecule has 0 spiro atoms. The fraction of sp³-hybridized carbons (Fsp3) is 0.160. The normalized spacial score (nSPS) is 10.5. The minimum atomic E-state index is -0.543. The van der Waals surface area contributed by atoms with Crippen molar-refractivity contribution in [2.24, 2.45) is 0 Å². The smallest absolute Gasteiger partial charge is 0.358 e. The number of nitrogens with zero attached hydrogens (tertiary/aromatic N) is 3. The van der Waals surface area contributed by atoms with Gasteiger partial charge in [0.2, 0.25) is 0 Å². The first-order chi connectivity index (χ1) is 15.9. The van der Waals surface area contributed by atoms with Gasteiger partial charge in [0.1, 0.15) is 0 Å². The third kappa shape index (κ3) is 5.53. The number of rotatable bonds is 9. The van der Waals surface area contributed by atoms with Gasteiger partial charge in [-0.2, -0.15) is 5.10 Å². The van der Waals surface area contributed by atoms with Crippen LogP contribution in [0.2, 0.25) is 10.0 Å². The number of hydrogen-bond acceptors (Lipinski definition) is 4. The molecule has 3 rings (SSSR count). The lowest BCUT2D eigenvalue weighted by molar-refractivity contribution is 0.0518. The minimum Gasteiger partial charge on any atom is -0.461 e. The molecule has 33 heavy (non-hydrogen) atoms. The molecule has 0 atom stereocenters. The van der Waals surface area contributed by atoms with E-state index in [1.165, 1.54) is 0 Å². The third-order valence-electron chi connectivity index (χ3n) is 4.75. The maximum absolute atomic E-state index is 12.8. The first-order valence-corrected chi connectivity index (χ1v) is 11.0. The van der Waals surface area contributed by atoms with Gasteiger partial charge >= 0.3 is 5.97 Å². The van der Waals surface area contributed by atoms with Gasteiger partial charge < -0.3 is 9.64 Å². The van der Waals surface area contributed by atoms with Crippen molar-refractivity contribution in [3.8, 4) is 16.9 Å². The lowest BCUT2D eigenvalue weighted by atomic mass is 10.1. The van der Waals surface area contributed by atoms with Gasteiger partial charge in [0.15, 0.2) is 5.69 Å². The summed E-state index contributed by atoms with van der Waals surface area (Å²) in [5.74, 6) is -0.686. The molecule has 0 radical (unpaired) electrons. The Morgan fingerprint density at radius 1 is 1.06 bits per heavy atom. The number of hydrogen-bond donors (Lipinski definition) is 0. The molecule has 0 unspecified atom stereocenters. The Hall–Kier alpha value is -3.35. The molecule has 1 aromatic heterocycles. The van der Waals surface area contributed by atoms with Crippen LogP contribution in [-0.4, -0.2) is 46.3 Å². The van der Waals surface area contributed by atoms with Crippen LogP contribution in [0.3, 0.4) is 0 Å². The van der Waals surface area contributed by atoms with Gasteiger partial charge in [-0.3, -0.25) is 4.79 Å². The maximum Gasteiger partial charge on any atom is 0.358 e. The molecule has 2 aromatic carbocycles. The molecular formula is C25H23Cl2N3O3. The number of carbonyl (C=O) groups is 2. The van der Waals surface area contributed by atoms with E-state index < -0.39 is 5.97 Å². The highest BCUT2D eigenvalue weighted by molar-refractivity contribution is 6.36. The van der Waals surface area contributed by atoms with E-state index in [2.05, 4.69) is 18.3 Å². The van der Waals surface area contributed by atoms with E-state index in [0.717, 1.165) is 0 Å². The van der Waals surface area contributed by atoms with Crippen molar-refractivity contribution < 1.29 is 14.3 Å². The fourth-order valence-electron chi connectivity index (χ4n) is 3.25. The van der Waals surface area contributed by atoms with Crippen LogP contribution in [-0.2, 0) is 4.74 Å². The molecular weight excluding hydrogens is 461 g/mol. The summed E-state index contributed by atoms with van der Waals surface area (Å²) in [6.07, 6.45) is 3.33. The maximum atomic E-state index is 12.8. The van der Waals surface area contributed by atoms with E-state index in [0.29, 0.717) is 45.6 Å². The van der Waals surface area contributed by atoms with Crippen molar-refractivity contribution in [3.05, 3.63) is 95.1 Å². The molecule has 0 N–H and O–H groups in total. The summed E-state index contributed by atoms with van der Waals surface area (Å²) >= 11 is 12.5. The van der Waals surface area contributed by atoms with Crippen LogP contribution >= 0.6 is 23.2 Å². The zero-order chi connectivity index (χ0) is 24.0. The second-order valence-corrected chi connectivity index (χ2v) is 7.85. The van der Waals surface area contributed by atoms with Crippen LogP contribution in [0.15, 0.2) is 73.8 Å². The molecule has 8 heteroatoms. The lowest BCUT2D eigenvalue weighted by Gasteiger charge is -2.19. The minimum absolute atomic E-state index is 0.140. The zero-order valence-electron chi connectivity index (χ0n) is 18.1. The summed E-state index contributed by atoms with van der Waals surface area (Å²) in [7, 11) is 0. The molecule has 0 aliphatic rings. The van der Waals surface area contributed by atoms with Crippen molar-refractivity contribution in [2.75, 3.05) is 19.7 Å². The van der Waals surface area contributed by atoms with Crippen LogP contribution in [0.25, 0.3) is 16.9 Å². The van der Waals surface area contributed by atoms with Crippen LogP contribution in [0.4, 0.5) is 0 Å². The average Bonchev–Trinajstić information content (AvgIpc) is 3.24. The van der Waals surface area contributed by atoms with Gasteiger partial charge in [0.05, 0.1) is 23.0 Å². The molecule has 0 saturated carbocycles. The standard InChI is InChI=1S/C25H23Cl2N3O3/c1-4-13-29(14-5-2)24(31)17-7-10-19(11-8-17)30-23(16-22(28-30)25(32)33-6-3)20-12-9-18(26)15-21(20)27/h4-5,7-12,15-16H,1-2,6,13-14H2,3H3. The number of halogens is 2. The highest BCUT2D eigenvalue weighted by atomic mass is 35.5. The van der Waals surface area contributed by atoms with Crippen LogP contribution in [0.5, 0.6) is 0 Å². The van der Waals surface area contributed by atoms with E-state index in [4.69, 9.17) is 27.9 Å². The summed E-state index contributed by atoms with van der Waals surface area (Å²) in [5, 5.41) is 5.34. The molecule has 6 nitrogen and oxygen atoms in total. The molecule has 3 aromatic rings. The summed E-state index contributed by atoms with van der Waals surface area (Å²) in [6.45, 7) is 10.2. The molecule has 0 bridgehead atoms. The fourth-order valence-corrected chi connectivity index (χ4v) is 3.76. The Bertz CT molecular complexity index is 1180. The predicted octanol–water partition coefficient (Wildman–Crippen LogP) is 5.84. The molecule has 1 heterocycles. The number of aromatic nitrogens is 2. The number of benzene rings is 2. The Labute approximate surface area is 202 Å². The SMILES string of the molecule is C=CCN(CC=C)C(=O)c1ccc(-n2nc(C(=O)OCC)cc2-c2ccc(Cl)cc2Cl)cc1. The van der Waals surface area contributed by atoms with Gasteiger partial charge in [-0.15, -0.1) is 13.2 Å². The lowest BCUT2D eigenvalue weighted by Crippen LogP contribution is -2.31. The van der Waals surface area contributed by atoms with Gasteiger partial charge in [0.25, 0.3) is 5.91 Å². The highest BCUT2D eigenvalue weighted by Gasteiger charge is 2.20. The number of ether oxygens (including phenoxy) is 1. The quantitative estimate of drug-likeness (QED) is 0.283. The van der Waals surface area contributed by atoms with E-state index in [1.807, 2.05) is 0 Å². The topological polar surface area (TPSA) is 64.4 Å². The van der Waals surface area contributed by atoms with Gasteiger partial charge in [0, 0.05) is 29.2 Å². The molecule has 170 valence electrons. The van der Waals surface area contributed by atoms with Crippen molar-refractivity contribution >= 4 is 35.1 Å². The monoisotopic (exact) mass is 483 g/mol. The van der Waals surface area contributed by atoms with E-state index in [9.17, 15) is 9.59 Å². The van der Waals surface area contributed by atoms with Crippen molar-refractivity contribution in [2.45, 2.75) is 6.92 Å². The Morgan fingerprint density at radius 2 is 1.73 bits per heavy atom. The van der Waals surface area contributed by atoms with Crippen LogP contribution < -0.4 is 0 Å². The van der Waals surface area contributed by atoms with Crippen molar-refractivity contribution in [1.29, 1.82) is 0 Å².